The average Bonchev–Trinajstić information content (AvgIpc) is 2.73. The van der Waals surface area contributed by atoms with Crippen LogP contribution in [0.5, 0.6) is 0 Å². The molecule has 0 bridgehead atoms. The number of nitro groups is 1. The van der Waals surface area contributed by atoms with Crippen molar-refractivity contribution < 1.29 is 80.0 Å². The number of rotatable bonds is 10. The Labute approximate surface area is 192 Å². The third kappa shape index (κ3) is 4.48. The smallest absolute Gasteiger partial charge is 0.320 e. The van der Waals surface area contributed by atoms with Gasteiger partial charge in [0.2, 0.25) is 0 Å². The van der Waals surface area contributed by atoms with E-state index in [2.05, 4.69) is 0 Å². The lowest BCUT2D eigenvalue weighted by molar-refractivity contribution is -0.443. The molecule has 0 spiro atoms. The Kier molecular flexibility index (Phi) is 7.84. The molecule has 1 aromatic carbocycles. The maximum absolute atomic E-state index is 13.9. The summed E-state index contributed by atoms with van der Waals surface area (Å²) < 4.78 is 213. The number of amides is 1. The van der Waals surface area contributed by atoms with Crippen LogP contribution in [0.4, 0.5) is 81.6 Å². The van der Waals surface area contributed by atoms with Crippen molar-refractivity contribution in [3.05, 3.63) is 33.9 Å². The van der Waals surface area contributed by atoms with Gasteiger partial charge in [-0.15, -0.1) is 0 Å². The minimum Gasteiger partial charge on any atom is -0.320 e. The number of nitrogens with one attached hydrogen (secondary N) is 1. The molecule has 1 aromatic rings. The number of nitro benzene ring substituents is 1. The van der Waals surface area contributed by atoms with E-state index in [-0.39, 0.29) is 11.6 Å². The van der Waals surface area contributed by atoms with Gasteiger partial charge in [0.1, 0.15) is 0 Å². The fourth-order valence-electron chi connectivity index (χ4n) is 2.37. The zero-order valence-electron chi connectivity index (χ0n) is 17.0. The summed E-state index contributed by atoms with van der Waals surface area (Å²) in [7, 11) is 0. The molecule has 0 aromatic heterocycles. The molecule has 1 amide bonds. The number of alkyl halides is 16. The van der Waals surface area contributed by atoms with E-state index in [4.69, 9.17) is 0 Å². The number of aryl methyl sites for hydroxylation is 1. The number of carbonyl (C=O) groups excluding carboxylic acids is 1. The Morgan fingerprint density at radius 2 is 1.19 bits per heavy atom. The molecule has 0 aliphatic carbocycles. The number of benzene rings is 1. The van der Waals surface area contributed by atoms with Crippen molar-refractivity contribution in [1.29, 1.82) is 0 Å². The van der Waals surface area contributed by atoms with Crippen LogP contribution in [0.25, 0.3) is 0 Å². The maximum atomic E-state index is 13.9. The number of halogens is 16. The van der Waals surface area contributed by atoms with Gasteiger partial charge in [0.15, 0.2) is 0 Å². The summed E-state index contributed by atoms with van der Waals surface area (Å²) in [6.45, 7) is 1.02. The Hall–Kier alpha value is -3.03. The molecule has 21 heteroatoms. The fourth-order valence-corrected chi connectivity index (χ4v) is 2.37. The SMILES string of the molecule is Cc1ccc(NC(=O)C(F)(F)C(F)(F)C(F)(F)C(F)(F)C(F)(F)C(F)(F)C(F)(F)C(F)F)cc1[N+](=O)[O-]. The topological polar surface area (TPSA) is 72.2 Å². The molecule has 5 nitrogen and oxygen atoms in total. The molecule has 0 saturated carbocycles. The first-order valence-corrected chi connectivity index (χ1v) is 8.65. The lowest BCUT2D eigenvalue weighted by atomic mass is 9.89. The van der Waals surface area contributed by atoms with Gasteiger partial charge in [0.25, 0.3) is 5.69 Å². The molecule has 0 aliphatic heterocycles. The zero-order valence-corrected chi connectivity index (χ0v) is 17.0. The van der Waals surface area contributed by atoms with Crippen LogP contribution in [0.3, 0.4) is 0 Å². The predicted molar refractivity (Wildman–Crippen MR) is 87.1 cm³/mol. The van der Waals surface area contributed by atoms with Crippen molar-refractivity contribution in [1.82, 2.24) is 0 Å². The van der Waals surface area contributed by atoms with Crippen LogP contribution >= 0.6 is 0 Å². The fraction of sp³-hybridized carbons (Fsp3) is 0.562. The number of anilines is 1. The van der Waals surface area contributed by atoms with E-state index >= 15 is 0 Å². The van der Waals surface area contributed by atoms with Crippen LogP contribution in [0.15, 0.2) is 18.2 Å². The van der Waals surface area contributed by atoms with Gasteiger partial charge in [-0.05, 0) is 13.0 Å². The van der Waals surface area contributed by atoms with Crippen LogP contribution in [0, 0.1) is 17.0 Å². The maximum Gasteiger partial charge on any atom is 0.393 e. The molecule has 37 heavy (non-hydrogen) atoms. The Bertz CT molecular complexity index is 1060. The van der Waals surface area contributed by atoms with Crippen molar-refractivity contribution in [3.63, 3.8) is 0 Å². The first-order chi connectivity index (χ1) is 16.2. The highest BCUT2D eigenvalue weighted by Crippen LogP contribution is 2.62. The van der Waals surface area contributed by atoms with E-state index in [1.807, 2.05) is 0 Å². The number of nitrogens with zero attached hydrogens (tertiary/aromatic N) is 1. The van der Waals surface area contributed by atoms with Crippen LogP contribution in [-0.4, -0.2) is 58.7 Å². The molecule has 0 atom stereocenters. The Morgan fingerprint density at radius 3 is 1.59 bits per heavy atom. The molecular formula is C16H8F16N2O3. The van der Waals surface area contributed by atoms with Gasteiger partial charge in [-0.3, -0.25) is 14.9 Å². The first kappa shape index (κ1) is 32.0. The van der Waals surface area contributed by atoms with E-state index in [0.29, 0.717) is 17.4 Å². The van der Waals surface area contributed by atoms with Crippen molar-refractivity contribution in [2.24, 2.45) is 0 Å². The second-order valence-electron chi connectivity index (χ2n) is 7.08. The van der Waals surface area contributed by atoms with Gasteiger partial charge in [0, 0.05) is 17.3 Å². The molecule has 0 radical (unpaired) electrons. The van der Waals surface area contributed by atoms with E-state index in [9.17, 15) is 85.2 Å². The summed E-state index contributed by atoms with van der Waals surface area (Å²) in [5.41, 5.74) is -2.51. The summed E-state index contributed by atoms with van der Waals surface area (Å²) in [6.07, 6.45) is -5.97. The van der Waals surface area contributed by atoms with E-state index in [1.165, 1.54) is 0 Å². The van der Waals surface area contributed by atoms with Gasteiger partial charge < -0.3 is 5.32 Å². The largest absolute Gasteiger partial charge is 0.393 e. The van der Waals surface area contributed by atoms with Crippen molar-refractivity contribution in [2.45, 2.75) is 54.8 Å². The quantitative estimate of drug-likeness (QED) is 0.194. The summed E-state index contributed by atoms with van der Waals surface area (Å²) in [5.74, 6) is -60.6. The summed E-state index contributed by atoms with van der Waals surface area (Å²) >= 11 is 0. The highest BCUT2D eigenvalue weighted by Gasteiger charge is 2.94. The summed E-state index contributed by atoms with van der Waals surface area (Å²) in [5, 5.41) is 11.4. The molecule has 0 heterocycles. The van der Waals surface area contributed by atoms with Gasteiger partial charge >= 0.3 is 53.8 Å². The Morgan fingerprint density at radius 1 is 0.784 bits per heavy atom. The number of hydrogen-bond acceptors (Lipinski definition) is 3. The monoisotopic (exact) mass is 580 g/mol. The molecule has 0 unspecified atom stereocenters. The molecule has 0 fully saturated rings. The molecule has 1 N–H and O–H groups in total. The Balaban J connectivity index is 3.56. The van der Waals surface area contributed by atoms with Gasteiger partial charge in [-0.25, -0.2) is 8.78 Å². The van der Waals surface area contributed by atoms with Gasteiger partial charge in [-0.1, -0.05) is 6.07 Å². The van der Waals surface area contributed by atoms with Crippen LogP contribution in [0.2, 0.25) is 0 Å². The van der Waals surface area contributed by atoms with Crippen molar-refractivity contribution in [2.75, 3.05) is 5.32 Å². The molecule has 212 valence electrons. The van der Waals surface area contributed by atoms with E-state index in [1.54, 1.807) is 0 Å². The standard InChI is InChI=1S/C16H8F16N2O3/c1-5-2-3-6(4-7(5)34(36)37)33-9(35)11(21,22)13(25,26)15(29,30)16(31,32)14(27,28)12(23,24)10(19,20)8(17)18/h2-4,8H,1H3,(H,33,35). The predicted octanol–water partition coefficient (Wildman–Crippen LogP) is 6.55. The van der Waals surface area contributed by atoms with Gasteiger partial charge in [-0.2, -0.15) is 61.5 Å². The first-order valence-electron chi connectivity index (χ1n) is 8.65. The van der Waals surface area contributed by atoms with Crippen molar-refractivity contribution in [3.8, 4) is 0 Å². The third-order valence-corrected chi connectivity index (χ3v) is 4.61. The number of hydrogen-bond donors (Lipinski definition) is 1. The summed E-state index contributed by atoms with van der Waals surface area (Å²) in [6, 6.07) is 1.27. The van der Waals surface area contributed by atoms with E-state index in [0.717, 1.165) is 6.92 Å². The molecule has 1 rings (SSSR count). The van der Waals surface area contributed by atoms with Gasteiger partial charge in [0.05, 0.1) is 4.92 Å². The number of carbonyl (C=O) groups is 1. The molecule has 0 aliphatic rings. The zero-order chi connectivity index (χ0) is 29.8. The second kappa shape index (κ2) is 9.07. The minimum absolute atomic E-state index is 0.162. The van der Waals surface area contributed by atoms with E-state index < -0.39 is 70.1 Å². The third-order valence-electron chi connectivity index (χ3n) is 4.61. The van der Waals surface area contributed by atoms with Crippen LogP contribution in [-0.2, 0) is 4.79 Å². The van der Waals surface area contributed by atoms with Crippen molar-refractivity contribution >= 4 is 17.3 Å². The molecule has 0 saturated heterocycles. The lowest BCUT2D eigenvalue weighted by Crippen LogP contribution is -2.74. The highest BCUT2D eigenvalue weighted by atomic mass is 19.4. The normalized spacial score (nSPS) is 14.6. The minimum atomic E-state index is -8.64. The highest BCUT2D eigenvalue weighted by molar-refractivity contribution is 5.97. The second-order valence-corrected chi connectivity index (χ2v) is 7.08. The van der Waals surface area contributed by atoms with Crippen LogP contribution in [0.1, 0.15) is 5.56 Å². The van der Waals surface area contributed by atoms with Crippen LogP contribution < -0.4 is 5.32 Å². The molecular weight excluding hydrogens is 572 g/mol. The lowest BCUT2D eigenvalue weighted by Gasteiger charge is -2.42. The average molecular weight is 580 g/mol. The summed E-state index contributed by atoms with van der Waals surface area (Å²) in [4.78, 5) is 21.0.